The lowest BCUT2D eigenvalue weighted by Crippen LogP contribution is -2.30. The summed E-state index contributed by atoms with van der Waals surface area (Å²) in [6, 6.07) is 0. The van der Waals surface area contributed by atoms with E-state index in [4.69, 9.17) is 37.0 Å². The first kappa shape index (κ1) is 85.1. The van der Waals surface area contributed by atoms with E-state index in [1.54, 1.807) is 0 Å². The van der Waals surface area contributed by atoms with Gasteiger partial charge in [0.2, 0.25) is 0 Å². The minimum absolute atomic E-state index is 0.101. The van der Waals surface area contributed by atoms with E-state index in [9.17, 15) is 43.2 Å². The first-order valence-corrected chi connectivity index (χ1v) is 38.2. The molecule has 0 aromatic rings. The lowest BCUT2D eigenvalue weighted by atomic mass is 9.99. The number of carbonyl (C=O) groups excluding carboxylic acids is 4. The second-order valence-corrected chi connectivity index (χ2v) is 29.1. The van der Waals surface area contributed by atoms with E-state index in [1.807, 2.05) is 0 Å². The number of ether oxygens (including phenoxy) is 4. The van der Waals surface area contributed by atoms with Crippen LogP contribution in [-0.2, 0) is 65.4 Å². The fourth-order valence-electron chi connectivity index (χ4n) is 10.1. The van der Waals surface area contributed by atoms with Crippen LogP contribution in [0.15, 0.2) is 0 Å². The Balaban J connectivity index is 5.23. The summed E-state index contributed by atoms with van der Waals surface area (Å²) in [4.78, 5) is 72.4. The summed E-state index contributed by atoms with van der Waals surface area (Å²) in [6.07, 6.45) is 39.1. The van der Waals surface area contributed by atoms with Crippen LogP contribution >= 0.6 is 15.6 Å². The highest BCUT2D eigenvalue weighted by Crippen LogP contribution is 2.45. The molecule has 4 unspecified atom stereocenters. The molecule has 0 fully saturated rings. The fraction of sp³-hybridized carbons (Fsp3) is 0.941. The number of phosphoric acid groups is 2. The van der Waals surface area contributed by atoms with Gasteiger partial charge in [-0.2, -0.15) is 0 Å². The summed E-state index contributed by atoms with van der Waals surface area (Å²) in [6.45, 7) is 14.0. The number of aliphatic hydroxyl groups is 1. The van der Waals surface area contributed by atoms with Crippen molar-refractivity contribution in [1.29, 1.82) is 0 Å². The fourth-order valence-corrected chi connectivity index (χ4v) is 11.7. The van der Waals surface area contributed by atoms with E-state index in [0.29, 0.717) is 31.6 Å². The molecule has 0 saturated carbocycles. The number of hydrogen-bond donors (Lipinski definition) is 3. The number of rotatable bonds is 65. The third-order valence-corrected chi connectivity index (χ3v) is 17.8. The summed E-state index contributed by atoms with van der Waals surface area (Å²) in [7, 11) is -9.90. The molecule has 0 bridgehead atoms. The summed E-state index contributed by atoms with van der Waals surface area (Å²) >= 11 is 0. The van der Waals surface area contributed by atoms with E-state index >= 15 is 0 Å². The molecule has 17 nitrogen and oxygen atoms in total. The van der Waals surface area contributed by atoms with E-state index in [-0.39, 0.29) is 25.7 Å². The molecule has 0 aromatic heterocycles. The third-order valence-electron chi connectivity index (χ3n) is 15.9. The van der Waals surface area contributed by atoms with Crippen molar-refractivity contribution in [1.82, 2.24) is 0 Å². The van der Waals surface area contributed by atoms with Crippen LogP contribution in [0.2, 0.25) is 0 Å². The van der Waals surface area contributed by atoms with Gasteiger partial charge in [0.15, 0.2) is 12.2 Å². The monoisotopic (exact) mass is 1280 g/mol. The van der Waals surface area contributed by atoms with Gasteiger partial charge in [0.25, 0.3) is 0 Å². The molecule has 6 atom stereocenters. The number of phosphoric ester groups is 2. The van der Waals surface area contributed by atoms with Crippen molar-refractivity contribution in [2.24, 2.45) is 23.7 Å². The van der Waals surface area contributed by atoms with Crippen molar-refractivity contribution in [3.8, 4) is 0 Å². The van der Waals surface area contributed by atoms with Gasteiger partial charge in [-0.15, -0.1) is 0 Å². The summed E-state index contributed by atoms with van der Waals surface area (Å²) in [5.74, 6) is 0.821. The second kappa shape index (κ2) is 57.9. The number of aliphatic hydroxyl groups excluding tert-OH is 1. The Labute approximate surface area is 530 Å². The normalized spacial score (nSPS) is 14.6. The average molecular weight is 1280 g/mol. The number of unbranched alkanes of at least 4 members (excludes halogenated alkanes) is 30. The molecule has 516 valence electrons. The Morgan fingerprint density at radius 1 is 0.322 bits per heavy atom. The maximum absolute atomic E-state index is 13.0. The van der Waals surface area contributed by atoms with Gasteiger partial charge in [-0.05, 0) is 49.4 Å². The second-order valence-electron chi connectivity index (χ2n) is 26.2. The first-order valence-electron chi connectivity index (χ1n) is 35.2. The van der Waals surface area contributed by atoms with E-state index in [2.05, 4.69) is 55.4 Å². The molecule has 0 heterocycles. The van der Waals surface area contributed by atoms with Crippen molar-refractivity contribution in [3.05, 3.63) is 0 Å². The van der Waals surface area contributed by atoms with Crippen LogP contribution in [0.1, 0.15) is 331 Å². The Hall–Kier alpha value is -1.94. The maximum atomic E-state index is 13.0. The summed E-state index contributed by atoms with van der Waals surface area (Å²) < 4.78 is 68.2. The Morgan fingerprint density at radius 2 is 0.552 bits per heavy atom. The van der Waals surface area contributed by atoms with Crippen molar-refractivity contribution in [2.75, 3.05) is 39.6 Å². The maximum Gasteiger partial charge on any atom is 0.472 e. The molecule has 87 heavy (non-hydrogen) atoms. The van der Waals surface area contributed by atoms with Crippen LogP contribution in [0.5, 0.6) is 0 Å². The number of esters is 4. The predicted octanol–water partition coefficient (Wildman–Crippen LogP) is 18.9. The van der Waals surface area contributed by atoms with E-state index in [0.717, 1.165) is 108 Å². The molecule has 0 rings (SSSR count). The summed E-state index contributed by atoms with van der Waals surface area (Å²) in [5, 5.41) is 10.6. The predicted molar refractivity (Wildman–Crippen MR) is 349 cm³/mol. The van der Waals surface area contributed by atoms with Gasteiger partial charge in [-0.3, -0.25) is 37.3 Å². The number of carbonyl (C=O) groups is 4. The first-order chi connectivity index (χ1) is 41.6. The van der Waals surface area contributed by atoms with Crippen molar-refractivity contribution in [2.45, 2.75) is 350 Å². The molecule has 3 N–H and O–H groups in total. The Kier molecular flexibility index (Phi) is 56.6. The van der Waals surface area contributed by atoms with Crippen LogP contribution in [0, 0.1) is 23.7 Å². The molecule has 0 radical (unpaired) electrons. The van der Waals surface area contributed by atoms with E-state index in [1.165, 1.54) is 135 Å². The molecule has 0 saturated heterocycles. The highest BCUT2D eigenvalue weighted by Gasteiger charge is 2.30. The molecule has 19 heteroatoms. The van der Waals surface area contributed by atoms with Crippen LogP contribution in [-0.4, -0.2) is 96.7 Å². The number of hydrogen-bond acceptors (Lipinski definition) is 15. The van der Waals surface area contributed by atoms with Crippen LogP contribution in [0.3, 0.4) is 0 Å². The van der Waals surface area contributed by atoms with Crippen molar-refractivity contribution in [3.63, 3.8) is 0 Å². The van der Waals surface area contributed by atoms with Gasteiger partial charge in [-0.1, -0.05) is 280 Å². The molecule has 0 aliphatic carbocycles. The Bertz CT molecular complexity index is 1730. The zero-order valence-corrected chi connectivity index (χ0v) is 58.4. The molecule has 0 aliphatic heterocycles. The van der Waals surface area contributed by atoms with Crippen LogP contribution < -0.4 is 0 Å². The standard InChI is InChI=1S/C68H132O17P2/c1-9-61(8)47-39-31-22-15-11-13-16-23-32-40-48-65(70)78-55-64(85-68(73)51-43-35-27-26-30-38-46-60(6)7)57-83-87(76,77)81-53-62(69)52-80-86(74,75)82-56-63(54-79-66(71)49-41-33-24-19-18-21-29-37-45-59(4)5)84-67(72)50-42-34-25-17-12-10-14-20-28-36-44-58(2)3/h58-64,69H,9-57H2,1-8H3,(H,74,75)(H,76,77)/t61?,62?,63-,64-/m1/s1. The van der Waals surface area contributed by atoms with Gasteiger partial charge in [0, 0.05) is 25.7 Å². The van der Waals surface area contributed by atoms with Crippen LogP contribution in [0.25, 0.3) is 0 Å². The quantitative estimate of drug-likeness (QED) is 0.0222. The van der Waals surface area contributed by atoms with Gasteiger partial charge >= 0.3 is 39.5 Å². The lowest BCUT2D eigenvalue weighted by molar-refractivity contribution is -0.161. The highest BCUT2D eigenvalue weighted by atomic mass is 31.2. The molecule has 0 amide bonds. The smallest absolute Gasteiger partial charge is 0.462 e. The molecular formula is C68H132O17P2. The summed E-state index contributed by atoms with van der Waals surface area (Å²) in [5.41, 5.74) is 0. The minimum atomic E-state index is -4.95. The van der Waals surface area contributed by atoms with E-state index < -0.39 is 97.5 Å². The topological polar surface area (TPSA) is 237 Å². The minimum Gasteiger partial charge on any atom is -0.462 e. The Morgan fingerprint density at radius 3 is 0.816 bits per heavy atom. The zero-order chi connectivity index (χ0) is 64.7. The molecule has 0 aromatic carbocycles. The molecule has 0 spiro atoms. The van der Waals surface area contributed by atoms with Crippen molar-refractivity contribution >= 4 is 39.5 Å². The third kappa shape index (κ3) is 61.3. The van der Waals surface area contributed by atoms with Gasteiger partial charge < -0.3 is 33.8 Å². The lowest BCUT2D eigenvalue weighted by Gasteiger charge is -2.21. The van der Waals surface area contributed by atoms with Gasteiger partial charge in [0.1, 0.15) is 19.3 Å². The largest absolute Gasteiger partial charge is 0.472 e. The molecular weight excluding hydrogens is 1150 g/mol. The van der Waals surface area contributed by atoms with Crippen molar-refractivity contribution < 1.29 is 80.2 Å². The van der Waals surface area contributed by atoms with Gasteiger partial charge in [0.05, 0.1) is 26.4 Å². The average Bonchev–Trinajstić information content (AvgIpc) is 3.68. The SMILES string of the molecule is CCC(C)CCCCCCCCCCCCC(=O)OC[C@H](COP(=O)(O)OCC(O)COP(=O)(O)OC[C@@H](COC(=O)CCCCCCCCCCC(C)C)OC(=O)CCCCCCCCCCCCC(C)C)OC(=O)CCCCCCCCC(C)C. The van der Waals surface area contributed by atoms with Gasteiger partial charge in [-0.25, -0.2) is 9.13 Å². The zero-order valence-electron chi connectivity index (χ0n) is 56.6. The molecule has 0 aliphatic rings. The highest BCUT2D eigenvalue weighted by molar-refractivity contribution is 7.47. The van der Waals surface area contributed by atoms with Crippen LogP contribution in [0.4, 0.5) is 0 Å².